The van der Waals surface area contributed by atoms with Gasteiger partial charge in [0.05, 0.1) is 12.8 Å². The first-order chi connectivity index (χ1) is 10.1. The van der Waals surface area contributed by atoms with E-state index in [1.54, 1.807) is 22.6 Å². The molecule has 0 saturated carbocycles. The lowest BCUT2D eigenvalue weighted by Crippen LogP contribution is -2.39. The second kappa shape index (κ2) is 5.20. The molecule has 0 unspecified atom stereocenters. The number of methoxy groups -OCH3 is 1. The largest absolute Gasteiger partial charge is 0.493 e. The minimum absolute atomic E-state index is 0.0826. The number of carbonyl (C=O) groups is 2. The van der Waals surface area contributed by atoms with Crippen LogP contribution >= 0.6 is 0 Å². The van der Waals surface area contributed by atoms with Gasteiger partial charge in [-0.1, -0.05) is 0 Å². The Bertz CT molecular complexity index is 710. The zero-order valence-electron chi connectivity index (χ0n) is 12.1. The fourth-order valence-corrected chi connectivity index (χ4v) is 2.68. The molecule has 3 rings (SSSR count). The summed E-state index contributed by atoms with van der Waals surface area (Å²) in [5.74, 6) is 0.768. The predicted molar refractivity (Wildman–Crippen MR) is 76.6 cm³/mol. The third-order valence-electron chi connectivity index (χ3n) is 3.82. The zero-order valence-corrected chi connectivity index (χ0v) is 12.1. The Hall–Kier alpha value is -2.37. The van der Waals surface area contributed by atoms with Gasteiger partial charge in [-0.2, -0.15) is 0 Å². The molecule has 21 heavy (non-hydrogen) atoms. The molecule has 0 N–H and O–H groups in total. The molecular weight excluding hydrogens is 270 g/mol. The Labute approximate surface area is 122 Å². The van der Waals surface area contributed by atoms with Crippen molar-refractivity contribution < 1.29 is 14.3 Å². The van der Waals surface area contributed by atoms with Crippen molar-refractivity contribution in [1.29, 1.82) is 0 Å². The number of amides is 1. The van der Waals surface area contributed by atoms with Gasteiger partial charge in [0, 0.05) is 32.1 Å². The maximum atomic E-state index is 12.7. The second-order valence-electron chi connectivity index (χ2n) is 5.15. The molecule has 3 heterocycles. The average Bonchev–Trinajstić information content (AvgIpc) is 2.83. The van der Waals surface area contributed by atoms with Crippen molar-refractivity contribution >= 4 is 17.3 Å². The summed E-state index contributed by atoms with van der Waals surface area (Å²) in [4.78, 5) is 30.2. The number of rotatable bonds is 2. The number of pyridine rings is 1. The molecule has 0 aliphatic carbocycles. The molecule has 1 saturated heterocycles. The van der Waals surface area contributed by atoms with Crippen molar-refractivity contribution in [2.45, 2.75) is 19.8 Å². The molecule has 6 heteroatoms. The minimum Gasteiger partial charge on any atom is -0.493 e. The summed E-state index contributed by atoms with van der Waals surface area (Å²) in [6.07, 6.45) is 2.68. The molecule has 1 fully saturated rings. The van der Waals surface area contributed by atoms with E-state index in [4.69, 9.17) is 4.74 Å². The highest BCUT2D eigenvalue weighted by Gasteiger charge is 2.26. The summed E-state index contributed by atoms with van der Waals surface area (Å²) >= 11 is 0. The smallest absolute Gasteiger partial charge is 0.272 e. The van der Waals surface area contributed by atoms with Crippen molar-refractivity contribution in [3.05, 3.63) is 29.7 Å². The van der Waals surface area contributed by atoms with E-state index in [-0.39, 0.29) is 11.7 Å². The van der Waals surface area contributed by atoms with Gasteiger partial charge in [0.25, 0.3) is 5.91 Å². The van der Waals surface area contributed by atoms with Crippen LogP contribution in [0.1, 0.15) is 29.0 Å². The van der Waals surface area contributed by atoms with E-state index < -0.39 is 0 Å². The SMILES string of the molecule is COc1cccn2c(C(=O)N3CCC(=O)CC3)c(C)nc12. The first-order valence-electron chi connectivity index (χ1n) is 6.94. The molecular formula is C15H17N3O3. The van der Waals surface area contributed by atoms with Gasteiger partial charge >= 0.3 is 0 Å². The number of imidazole rings is 1. The number of hydrogen-bond donors (Lipinski definition) is 0. The number of hydrogen-bond acceptors (Lipinski definition) is 4. The summed E-state index contributed by atoms with van der Waals surface area (Å²) < 4.78 is 7.04. The lowest BCUT2D eigenvalue weighted by atomic mass is 10.1. The average molecular weight is 287 g/mol. The van der Waals surface area contributed by atoms with E-state index in [1.807, 2.05) is 19.1 Å². The number of aryl methyl sites for hydroxylation is 1. The Morgan fingerprint density at radius 3 is 2.71 bits per heavy atom. The topological polar surface area (TPSA) is 63.9 Å². The molecule has 2 aromatic rings. The molecule has 0 spiro atoms. The number of piperidine rings is 1. The second-order valence-corrected chi connectivity index (χ2v) is 5.15. The third-order valence-corrected chi connectivity index (χ3v) is 3.82. The summed E-state index contributed by atoms with van der Waals surface area (Å²) in [5, 5.41) is 0. The summed E-state index contributed by atoms with van der Waals surface area (Å²) in [7, 11) is 1.58. The quantitative estimate of drug-likeness (QED) is 0.838. The number of ketones is 1. The molecule has 0 radical (unpaired) electrons. The fourth-order valence-electron chi connectivity index (χ4n) is 2.68. The van der Waals surface area contributed by atoms with Crippen LogP contribution in [0.5, 0.6) is 5.75 Å². The number of ether oxygens (including phenoxy) is 1. The number of fused-ring (bicyclic) bond motifs is 1. The highest BCUT2D eigenvalue weighted by Crippen LogP contribution is 2.23. The molecule has 1 aliphatic rings. The van der Waals surface area contributed by atoms with Gasteiger partial charge in [-0.05, 0) is 19.1 Å². The van der Waals surface area contributed by atoms with Crippen LogP contribution in [0.2, 0.25) is 0 Å². The molecule has 6 nitrogen and oxygen atoms in total. The van der Waals surface area contributed by atoms with Crippen molar-refractivity contribution in [3.63, 3.8) is 0 Å². The fraction of sp³-hybridized carbons (Fsp3) is 0.400. The number of carbonyl (C=O) groups excluding carboxylic acids is 2. The first kappa shape index (κ1) is 13.6. The van der Waals surface area contributed by atoms with Gasteiger partial charge in [-0.15, -0.1) is 0 Å². The van der Waals surface area contributed by atoms with Crippen molar-refractivity contribution in [2.24, 2.45) is 0 Å². The van der Waals surface area contributed by atoms with Crippen LogP contribution in [-0.2, 0) is 4.79 Å². The molecule has 1 amide bonds. The molecule has 1 aliphatic heterocycles. The number of Topliss-reactive ketones (excluding diaryl/α,β-unsaturated/α-hetero) is 1. The van der Waals surface area contributed by atoms with Gasteiger partial charge in [-0.25, -0.2) is 4.98 Å². The van der Waals surface area contributed by atoms with Gasteiger partial charge in [0.15, 0.2) is 11.4 Å². The maximum absolute atomic E-state index is 12.7. The van der Waals surface area contributed by atoms with E-state index in [1.165, 1.54) is 0 Å². The number of likely N-dealkylation sites (tertiary alicyclic amines) is 1. The number of nitrogens with zero attached hydrogens (tertiary/aromatic N) is 3. The minimum atomic E-state index is -0.0826. The van der Waals surface area contributed by atoms with E-state index in [2.05, 4.69) is 4.98 Å². The van der Waals surface area contributed by atoms with Crippen LogP contribution in [0.15, 0.2) is 18.3 Å². The van der Waals surface area contributed by atoms with E-state index in [9.17, 15) is 9.59 Å². The summed E-state index contributed by atoms with van der Waals surface area (Å²) in [6.45, 7) is 2.78. The normalized spacial score (nSPS) is 15.5. The Morgan fingerprint density at radius 1 is 1.33 bits per heavy atom. The third kappa shape index (κ3) is 2.26. The van der Waals surface area contributed by atoms with Gasteiger partial charge in [-0.3, -0.25) is 14.0 Å². The Kier molecular flexibility index (Phi) is 3.37. The van der Waals surface area contributed by atoms with Gasteiger partial charge < -0.3 is 9.64 Å². The van der Waals surface area contributed by atoms with E-state index >= 15 is 0 Å². The first-order valence-corrected chi connectivity index (χ1v) is 6.94. The monoisotopic (exact) mass is 287 g/mol. The molecule has 110 valence electrons. The van der Waals surface area contributed by atoms with Crippen LogP contribution in [0.3, 0.4) is 0 Å². The van der Waals surface area contributed by atoms with Gasteiger partial charge in [0.1, 0.15) is 11.5 Å². The molecule has 0 bridgehead atoms. The van der Waals surface area contributed by atoms with Gasteiger partial charge in [0.2, 0.25) is 0 Å². The van der Waals surface area contributed by atoms with Crippen LogP contribution in [-0.4, -0.2) is 46.2 Å². The van der Waals surface area contributed by atoms with Crippen LogP contribution in [0.4, 0.5) is 0 Å². The van der Waals surface area contributed by atoms with E-state index in [0.717, 1.165) is 0 Å². The lowest BCUT2D eigenvalue weighted by Gasteiger charge is -2.26. The summed E-state index contributed by atoms with van der Waals surface area (Å²) in [5.41, 5.74) is 1.84. The van der Waals surface area contributed by atoms with Crippen molar-refractivity contribution in [1.82, 2.24) is 14.3 Å². The lowest BCUT2D eigenvalue weighted by molar-refractivity contribution is -0.120. The highest BCUT2D eigenvalue weighted by atomic mass is 16.5. The zero-order chi connectivity index (χ0) is 15.0. The predicted octanol–water partition coefficient (Wildman–Crippen LogP) is 1.46. The molecule has 0 aromatic carbocycles. The van der Waals surface area contributed by atoms with Crippen molar-refractivity contribution in [2.75, 3.05) is 20.2 Å². The van der Waals surface area contributed by atoms with Crippen LogP contribution < -0.4 is 4.74 Å². The standard InChI is InChI=1S/C15H17N3O3/c1-10-13(15(20)17-8-5-11(19)6-9-17)18-7-3-4-12(21-2)14(18)16-10/h3-4,7H,5-6,8-9H2,1-2H3. The van der Waals surface area contributed by atoms with E-state index in [0.29, 0.717) is 48.7 Å². The molecule has 2 aromatic heterocycles. The molecule has 0 atom stereocenters. The Balaban J connectivity index is 2.02. The summed E-state index contributed by atoms with van der Waals surface area (Å²) in [6, 6.07) is 3.64. The highest BCUT2D eigenvalue weighted by molar-refractivity contribution is 5.96. The Morgan fingerprint density at radius 2 is 2.05 bits per heavy atom. The maximum Gasteiger partial charge on any atom is 0.272 e. The van der Waals surface area contributed by atoms with Crippen LogP contribution in [0, 0.1) is 6.92 Å². The van der Waals surface area contributed by atoms with Crippen molar-refractivity contribution in [3.8, 4) is 5.75 Å². The van der Waals surface area contributed by atoms with Crippen LogP contribution in [0.25, 0.3) is 5.65 Å². The number of aromatic nitrogens is 2.